The molecule has 0 fully saturated rings. The third-order valence-electron chi connectivity index (χ3n) is 4.60. The van der Waals surface area contributed by atoms with E-state index >= 15 is 0 Å². The van der Waals surface area contributed by atoms with Crippen LogP contribution >= 0.6 is 0 Å². The fraction of sp³-hybridized carbons (Fsp3) is 0.280. The standard InChI is InChI=1S/C25H28N2O4/c1-4-7-18-10-12-19(13-11-18)8-5-6-9-20-14-16-21(17-15-20)23(28)26-22(24(29)27-31)25(2,3)30/h6,9-17,22,30-31H,4,7H2,1-3H3,(H,26,28)(H,27,29)/b9-6+/t22-/m1/s1. The summed E-state index contributed by atoms with van der Waals surface area (Å²) in [6.45, 7) is 4.88. The van der Waals surface area contributed by atoms with Crippen molar-refractivity contribution in [3.05, 3.63) is 76.9 Å². The molecule has 0 aliphatic carbocycles. The van der Waals surface area contributed by atoms with Crippen LogP contribution in [0, 0.1) is 11.8 Å². The number of allylic oxidation sites excluding steroid dienone is 1. The molecule has 0 unspecified atom stereocenters. The van der Waals surface area contributed by atoms with Crippen LogP contribution in [0.2, 0.25) is 0 Å². The van der Waals surface area contributed by atoms with Gasteiger partial charge in [-0.1, -0.05) is 49.5 Å². The van der Waals surface area contributed by atoms with E-state index in [4.69, 9.17) is 5.21 Å². The third-order valence-corrected chi connectivity index (χ3v) is 4.60. The van der Waals surface area contributed by atoms with Gasteiger partial charge in [-0.05, 0) is 67.8 Å². The van der Waals surface area contributed by atoms with E-state index in [9.17, 15) is 14.7 Å². The summed E-state index contributed by atoms with van der Waals surface area (Å²) in [4.78, 5) is 24.1. The van der Waals surface area contributed by atoms with Gasteiger partial charge in [0.05, 0.1) is 5.60 Å². The summed E-state index contributed by atoms with van der Waals surface area (Å²) < 4.78 is 0. The van der Waals surface area contributed by atoms with Crippen LogP contribution in [-0.2, 0) is 11.2 Å². The van der Waals surface area contributed by atoms with Crippen LogP contribution in [0.25, 0.3) is 6.08 Å². The average Bonchev–Trinajstić information content (AvgIpc) is 2.75. The van der Waals surface area contributed by atoms with E-state index in [0.717, 1.165) is 24.0 Å². The second kappa shape index (κ2) is 11.1. The maximum Gasteiger partial charge on any atom is 0.268 e. The van der Waals surface area contributed by atoms with Crippen LogP contribution in [0.15, 0.2) is 54.6 Å². The first-order chi connectivity index (χ1) is 14.7. The van der Waals surface area contributed by atoms with Crippen molar-refractivity contribution in [1.82, 2.24) is 10.8 Å². The monoisotopic (exact) mass is 420 g/mol. The first-order valence-electron chi connectivity index (χ1n) is 10.1. The summed E-state index contributed by atoms with van der Waals surface area (Å²) in [7, 11) is 0. The van der Waals surface area contributed by atoms with E-state index in [1.807, 2.05) is 18.2 Å². The number of carbonyl (C=O) groups excluding carboxylic acids is 2. The summed E-state index contributed by atoms with van der Waals surface area (Å²) in [5, 5.41) is 21.3. The number of benzene rings is 2. The minimum Gasteiger partial charge on any atom is -0.388 e. The molecule has 162 valence electrons. The van der Waals surface area contributed by atoms with Gasteiger partial charge in [0.25, 0.3) is 11.8 Å². The number of hydrogen-bond acceptors (Lipinski definition) is 4. The molecule has 0 aliphatic rings. The minimum atomic E-state index is -1.56. The predicted molar refractivity (Wildman–Crippen MR) is 120 cm³/mol. The molecule has 0 aliphatic heterocycles. The number of nitrogens with one attached hydrogen (secondary N) is 2. The van der Waals surface area contributed by atoms with Gasteiger partial charge in [-0.15, -0.1) is 0 Å². The largest absolute Gasteiger partial charge is 0.388 e. The van der Waals surface area contributed by atoms with Crippen LogP contribution in [0.1, 0.15) is 54.2 Å². The van der Waals surface area contributed by atoms with Gasteiger partial charge in [0, 0.05) is 11.1 Å². The van der Waals surface area contributed by atoms with Crippen molar-refractivity contribution in [2.24, 2.45) is 0 Å². The van der Waals surface area contributed by atoms with Gasteiger partial charge in [-0.2, -0.15) is 0 Å². The smallest absolute Gasteiger partial charge is 0.268 e. The third kappa shape index (κ3) is 7.41. The number of aryl methyl sites for hydroxylation is 1. The molecule has 2 amide bonds. The molecular formula is C25H28N2O4. The molecule has 0 heterocycles. The Bertz CT molecular complexity index is 975. The molecule has 6 heteroatoms. The van der Waals surface area contributed by atoms with Gasteiger partial charge >= 0.3 is 0 Å². The summed E-state index contributed by atoms with van der Waals surface area (Å²) in [6, 6.07) is 13.6. The number of hydrogen-bond donors (Lipinski definition) is 4. The fourth-order valence-electron chi connectivity index (χ4n) is 2.89. The van der Waals surface area contributed by atoms with E-state index in [1.54, 1.807) is 30.3 Å². The normalized spacial score (nSPS) is 12.0. The molecule has 2 rings (SSSR count). The van der Waals surface area contributed by atoms with Gasteiger partial charge in [-0.3, -0.25) is 14.8 Å². The lowest BCUT2D eigenvalue weighted by Gasteiger charge is -2.28. The van der Waals surface area contributed by atoms with Gasteiger partial charge in [0.15, 0.2) is 0 Å². The molecule has 4 N–H and O–H groups in total. The van der Waals surface area contributed by atoms with Crippen molar-refractivity contribution in [2.45, 2.75) is 45.3 Å². The Morgan fingerprint density at radius 2 is 1.74 bits per heavy atom. The zero-order valence-electron chi connectivity index (χ0n) is 18.0. The summed E-state index contributed by atoms with van der Waals surface area (Å²) in [5.41, 5.74) is 3.32. The van der Waals surface area contributed by atoms with Gasteiger partial charge in [0.1, 0.15) is 6.04 Å². The SMILES string of the molecule is CCCc1ccc(C#C/C=C/c2ccc(C(=O)N[C@H](C(=O)NO)C(C)(C)O)cc2)cc1. The highest BCUT2D eigenvalue weighted by molar-refractivity contribution is 5.97. The minimum absolute atomic E-state index is 0.315. The number of hydroxylamine groups is 1. The Hall–Kier alpha value is -3.40. The quantitative estimate of drug-likeness (QED) is 0.314. The first kappa shape index (κ1) is 23.9. The van der Waals surface area contributed by atoms with E-state index in [0.29, 0.717) is 5.56 Å². The van der Waals surface area contributed by atoms with Crippen molar-refractivity contribution in [2.75, 3.05) is 0 Å². The van der Waals surface area contributed by atoms with Crippen LogP contribution in [0.4, 0.5) is 0 Å². The molecule has 0 spiro atoms. The molecule has 2 aromatic rings. The van der Waals surface area contributed by atoms with Crippen molar-refractivity contribution >= 4 is 17.9 Å². The fourth-order valence-corrected chi connectivity index (χ4v) is 2.89. The molecule has 31 heavy (non-hydrogen) atoms. The number of carbonyl (C=O) groups is 2. The second-order valence-electron chi connectivity index (χ2n) is 7.71. The van der Waals surface area contributed by atoms with Crippen LogP contribution in [-0.4, -0.2) is 33.8 Å². The Kier molecular flexibility index (Phi) is 8.56. The van der Waals surface area contributed by atoms with E-state index in [1.165, 1.54) is 24.9 Å². The van der Waals surface area contributed by atoms with Crippen LogP contribution in [0.5, 0.6) is 0 Å². The highest BCUT2D eigenvalue weighted by Gasteiger charge is 2.34. The van der Waals surface area contributed by atoms with Crippen molar-refractivity contribution in [1.29, 1.82) is 0 Å². The van der Waals surface area contributed by atoms with Crippen molar-refractivity contribution < 1.29 is 19.9 Å². The topological polar surface area (TPSA) is 98.7 Å². The molecule has 2 aromatic carbocycles. The molecule has 0 radical (unpaired) electrons. The number of aliphatic hydroxyl groups is 1. The lowest BCUT2D eigenvalue weighted by molar-refractivity contribution is -0.136. The van der Waals surface area contributed by atoms with Crippen LogP contribution in [0.3, 0.4) is 0 Å². The first-order valence-corrected chi connectivity index (χ1v) is 10.1. The zero-order chi connectivity index (χ0) is 22.9. The lowest BCUT2D eigenvalue weighted by atomic mass is 9.97. The molecule has 0 saturated heterocycles. The summed E-state index contributed by atoms with van der Waals surface area (Å²) in [5.74, 6) is 4.63. The Morgan fingerprint density at radius 1 is 1.10 bits per heavy atom. The maximum atomic E-state index is 12.4. The molecule has 1 atom stereocenters. The highest BCUT2D eigenvalue weighted by atomic mass is 16.5. The van der Waals surface area contributed by atoms with Gasteiger partial charge in [0.2, 0.25) is 0 Å². The van der Waals surface area contributed by atoms with E-state index in [2.05, 4.69) is 36.2 Å². The summed E-state index contributed by atoms with van der Waals surface area (Å²) in [6.07, 6.45) is 5.75. The van der Waals surface area contributed by atoms with Gasteiger partial charge < -0.3 is 10.4 Å². The predicted octanol–water partition coefficient (Wildman–Crippen LogP) is 3.08. The Balaban J connectivity index is 2.00. The molecule has 0 saturated carbocycles. The van der Waals surface area contributed by atoms with Crippen LogP contribution < -0.4 is 10.8 Å². The van der Waals surface area contributed by atoms with Gasteiger partial charge in [-0.25, -0.2) is 5.48 Å². The number of amides is 2. The Labute approximate surface area is 183 Å². The average molecular weight is 421 g/mol. The molecule has 0 bridgehead atoms. The lowest BCUT2D eigenvalue weighted by Crippen LogP contribution is -2.57. The molecule has 0 aromatic heterocycles. The number of rotatable bonds is 7. The maximum absolute atomic E-state index is 12.4. The summed E-state index contributed by atoms with van der Waals surface area (Å²) >= 11 is 0. The van der Waals surface area contributed by atoms with Crippen molar-refractivity contribution in [3.63, 3.8) is 0 Å². The van der Waals surface area contributed by atoms with E-state index in [-0.39, 0.29) is 0 Å². The van der Waals surface area contributed by atoms with E-state index < -0.39 is 23.5 Å². The second-order valence-corrected chi connectivity index (χ2v) is 7.71. The highest BCUT2D eigenvalue weighted by Crippen LogP contribution is 2.12. The molecular weight excluding hydrogens is 392 g/mol. The zero-order valence-corrected chi connectivity index (χ0v) is 18.0. The van der Waals surface area contributed by atoms with Crippen molar-refractivity contribution in [3.8, 4) is 11.8 Å². The Morgan fingerprint density at radius 3 is 2.29 bits per heavy atom. The molecule has 6 nitrogen and oxygen atoms in total.